The molecule has 1 aromatic carbocycles. The van der Waals surface area contributed by atoms with Gasteiger partial charge in [0.05, 0.1) is 43.2 Å². The van der Waals surface area contributed by atoms with Crippen LogP contribution in [0.2, 0.25) is 0 Å². The second kappa shape index (κ2) is 51.8. The number of ether oxygens (including phenoxy) is 2. The molecule has 502 valence electrons. The van der Waals surface area contributed by atoms with Crippen molar-refractivity contribution in [2.45, 2.75) is 182 Å². The number of likely N-dealkylation sites (tertiary alicyclic amines) is 2. The van der Waals surface area contributed by atoms with Gasteiger partial charge in [0.25, 0.3) is 0 Å². The number of hydrogen-bond acceptors (Lipinski definition) is 15. The first kappa shape index (κ1) is 88.4. The number of benzene rings is 1. The van der Waals surface area contributed by atoms with Crippen LogP contribution in [0.5, 0.6) is 0 Å². The van der Waals surface area contributed by atoms with Gasteiger partial charge >= 0.3 is 57.4 Å². The average Bonchev–Trinajstić information content (AvgIpc) is 3.04. The molecule has 0 bridgehead atoms. The Balaban J connectivity index is -0.00000153. The Labute approximate surface area is 576 Å². The van der Waals surface area contributed by atoms with E-state index >= 15 is 0 Å². The van der Waals surface area contributed by atoms with Gasteiger partial charge in [0, 0.05) is 91.5 Å². The smallest absolute Gasteiger partial charge is 0.639 e. The van der Waals surface area contributed by atoms with E-state index in [1.807, 2.05) is 81.6 Å². The first-order valence-electron chi connectivity index (χ1n) is 31.1. The van der Waals surface area contributed by atoms with Gasteiger partial charge in [-0.3, -0.25) is 28.8 Å². The van der Waals surface area contributed by atoms with E-state index in [-0.39, 0.29) is 161 Å². The molecule has 0 spiro atoms. The number of nitrogens with two attached hydrogens (primary N) is 2. The minimum Gasteiger partial charge on any atom is -0.639 e. The maximum atomic E-state index is 14.0. The van der Waals surface area contributed by atoms with Crippen LogP contribution in [0.25, 0.3) is 5.32 Å². The number of nitrogens with one attached hydrogen (secondary N) is 5. The Kier molecular flexibility index (Phi) is 52.1. The number of thioether (sulfide) groups is 1. The third-order valence-electron chi connectivity index (χ3n) is 15.0. The largest absolute Gasteiger partial charge is 1.00 e. The summed E-state index contributed by atoms with van der Waals surface area (Å²) >= 11 is 1.75. The van der Waals surface area contributed by atoms with Gasteiger partial charge in [-0.15, -0.1) is 0 Å². The second-order valence-electron chi connectivity index (χ2n) is 23.2. The van der Waals surface area contributed by atoms with Crippen LogP contribution in [-0.4, -0.2) is 217 Å². The third-order valence-corrected chi connectivity index (χ3v) is 15.0. The van der Waals surface area contributed by atoms with E-state index in [1.165, 1.54) is 6.42 Å². The molecule has 23 nitrogen and oxygen atoms in total. The van der Waals surface area contributed by atoms with Crippen molar-refractivity contribution in [2.24, 2.45) is 41.1 Å². The number of carbonyl (C=O) groups excluding carboxylic acids is 9. The number of piperidine rings is 1. The van der Waals surface area contributed by atoms with Crippen LogP contribution in [0, 0.1) is 29.6 Å². The van der Waals surface area contributed by atoms with Crippen molar-refractivity contribution in [2.75, 3.05) is 106 Å². The number of amides is 8. The van der Waals surface area contributed by atoms with E-state index in [1.54, 1.807) is 56.7 Å². The molecule has 0 aromatic heterocycles. The molecule has 0 radical (unpaired) electrons. The van der Waals surface area contributed by atoms with Crippen LogP contribution >= 0.6 is 11.8 Å². The Morgan fingerprint density at radius 2 is 1.41 bits per heavy atom. The van der Waals surface area contributed by atoms with E-state index in [9.17, 15) is 43.2 Å². The fourth-order valence-electron chi connectivity index (χ4n) is 10.1. The molecule has 25 heteroatoms. The van der Waals surface area contributed by atoms with Crippen LogP contribution in [-0.2, 0) is 54.3 Å². The molecule has 9 N–H and O–H groups in total. The predicted molar refractivity (Wildman–Crippen MR) is 351 cm³/mol. The summed E-state index contributed by atoms with van der Waals surface area (Å²) in [4.78, 5) is 115. The number of hydrogen-bond donors (Lipinski definition) is 7. The fourth-order valence-corrected chi connectivity index (χ4v) is 10.1. The van der Waals surface area contributed by atoms with Crippen molar-refractivity contribution in [1.82, 2.24) is 40.9 Å². The molecule has 2 aliphatic rings. The monoisotopic (exact) mass is 1290 g/mol. The van der Waals surface area contributed by atoms with Crippen molar-refractivity contribution in [3.05, 3.63) is 35.1 Å². The third kappa shape index (κ3) is 35.2. The number of primary amides is 1. The Morgan fingerprint density at radius 3 is 1.85 bits per heavy atom. The predicted octanol–water partition coefficient (Wildman–Crippen LogP) is 2.68. The van der Waals surface area contributed by atoms with Crippen LogP contribution in [0.1, 0.15) is 139 Å². The van der Waals surface area contributed by atoms with Gasteiger partial charge in [-0.25, -0.2) is 4.79 Å². The zero-order valence-electron chi connectivity index (χ0n) is 57.4. The van der Waals surface area contributed by atoms with Gasteiger partial charge < -0.3 is 82.0 Å². The van der Waals surface area contributed by atoms with E-state index in [2.05, 4.69) is 68.1 Å². The molecule has 3 rings (SSSR count). The summed E-state index contributed by atoms with van der Waals surface area (Å²) in [5.74, 6) is -1.53. The van der Waals surface area contributed by atoms with Gasteiger partial charge in [0.15, 0.2) is 0 Å². The molecule has 2 aliphatic heterocycles. The average molecular weight is 1290 g/mol. The molecule has 2 fully saturated rings. The number of carbonyl (C=O) groups is 9. The van der Waals surface area contributed by atoms with Gasteiger partial charge in [0.2, 0.25) is 35.4 Å². The molecule has 0 saturated carbocycles. The van der Waals surface area contributed by atoms with E-state index < -0.39 is 36.1 Å². The molecule has 0 aliphatic carbocycles. The van der Waals surface area contributed by atoms with E-state index in [4.69, 9.17) is 26.3 Å². The second-order valence-corrected chi connectivity index (χ2v) is 24.0. The Morgan fingerprint density at radius 1 is 0.818 bits per heavy atom. The fraction of sp³-hybridized carbons (Fsp3) is 0.762. The van der Waals surface area contributed by atoms with Crippen molar-refractivity contribution >= 4 is 71.5 Å². The normalized spacial score (nSPS) is 16.4. The van der Waals surface area contributed by atoms with Crippen LogP contribution in [0.4, 0.5) is 10.5 Å². The maximum Gasteiger partial charge on any atom is 1.00 e. The summed E-state index contributed by atoms with van der Waals surface area (Å²) in [6.07, 6.45) is 11.2. The number of likely N-dealkylation sites (N-methyl/N-ethyl adjacent to an activating group) is 1. The molecule has 1 aromatic rings. The quantitative estimate of drug-likeness (QED) is 0.0403. The molecule has 8 unspecified atom stereocenters. The first-order chi connectivity index (χ1) is 41.2. The number of rotatable bonds is 32. The molecule has 9 atom stereocenters. The topological polar surface area (TPSA) is 311 Å². The SMILES string of the molecule is CC(C)C(NC(=O)CCC(=O)N1CCC(C=O)CC1)C(=O)NCC=O.CCC.CCCNC(N)=O.CC[C@H](C)C(C(CC(=O)N1CCCC1C(OC)C(C)C(=O)NC(CN)Cc1ccc(NC)cc1)OC)N(C)C(=O)C[N-]C(C(C)C)N(C)C.CSC.[K+]. The van der Waals surface area contributed by atoms with Crippen LogP contribution in [0.15, 0.2) is 24.3 Å². The zero-order chi connectivity index (χ0) is 66.8. The number of urea groups is 1. The number of anilines is 1. The summed E-state index contributed by atoms with van der Waals surface area (Å²) in [7, 11) is 10.8. The van der Waals surface area contributed by atoms with E-state index in [0.29, 0.717) is 58.3 Å². The van der Waals surface area contributed by atoms with Crippen LogP contribution in [0.3, 0.4) is 0 Å². The summed E-state index contributed by atoms with van der Waals surface area (Å²) in [5.41, 5.74) is 12.9. The van der Waals surface area contributed by atoms with Crippen LogP contribution < -0.4 is 89.4 Å². The number of nitrogens with zero attached hydrogens (tertiary/aromatic N) is 5. The van der Waals surface area contributed by atoms with E-state index in [0.717, 1.165) is 43.2 Å². The molecular formula is C63H117KN12O11S. The van der Waals surface area contributed by atoms with Gasteiger partial charge in [-0.05, 0) is 94.7 Å². The molecular weight excluding hydrogens is 1170 g/mol. The minimum atomic E-state index is -0.745. The Hall–Kier alpha value is -3.76. The Bertz CT molecular complexity index is 2100. The first-order valence-corrected chi connectivity index (χ1v) is 32.7. The maximum absolute atomic E-state index is 14.0. The van der Waals surface area contributed by atoms with Crippen molar-refractivity contribution in [3.63, 3.8) is 0 Å². The summed E-state index contributed by atoms with van der Waals surface area (Å²) in [5, 5.41) is 18.4. The summed E-state index contributed by atoms with van der Waals surface area (Å²) in [6, 6.07) is 6.05. The zero-order valence-corrected chi connectivity index (χ0v) is 61.3. The van der Waals surface area contributed by atoms with Crippen molar-refractivity contribution < 1.29 is 104 Å². The standard InChI is InChI=1S/C37H66N7O5.C17H27N3O5.C4H10N2O.C3H8.C2H6S.K/c1-12-25(4)34(43(9)33(46)23-40-36(24(2)3)42(7)8)31(48-10)21-32(45)44-19-13-14-30(44)35(49-11)26(5)37(47)41-29(22-38)20-27-15-17-28(39-6)18-16-27;1-12(2)16(17(25)18-7-10-21)19-14(23)3-4-15(24)20-8-5-13(11-22)6-9-20;1-2-3-6-4(5)7;2*1-3-2;/h15-18,24-26,29-31,34-36,39H,12-14,19-23,38H2,1-11H3,(H,41,47);10-13,16H,3-9H2,1-2H3,(H,18,25)(H,19,23);2-3H2,1H3,(H3,5,6,7);3H2,1-2H3;1-2H3;/q-1;;;;;+1/t25-,26?,29?,30?,31?,34?,35?,36?;;;;;/m0...../s1. The van der Waals surface area contributed by atoms with Gasteiger partial charge in [-0.2, -0.15) is 11.8 Å². The van der Waals surface area contributed by atoms with Gasteiger partial charge in [-0.1, -0.05) is 113 Å². The number of methoxy groups -OCH3 is 2. The van der Waals surface area contributed by atoms with Crippen molar-refractivity contribution in [1.29, 1.82) is 0 Å². The molecule has 88 heavy (non-hydrogen) atoms. The molecule has 2 heterocycles. The minimum absolute atomic E-state index is 0. The molecule has 8 amide bonds. The van der Waals surface area contributed by atoms with Gasteiger partial charge in [0.1, 0.15) is 18.6 Å². The van der Waals surface area contributed by atoms with Crippen molar-refractivity contribution in [3.8, 4) is 0 Å². The number of aldehydes is 2. The molecule has 2 saturated heterocycles. The summed E-state index contributed by atoms with van der Waals surface area (Å²) < 4.78 is 11.9. The summed E-state index contributed by atoms with van der Waals surface area (Å²) in [6.45, 7) is 22.6.